The van der Waals surface area contributed by atoms with Crippen molar-refractivity contribution >= 4 is 27.2 Å². The van der Waals surface area contributed by atoms with Gasteiger partial charge in [0.1, 0.15) is 5.01 Å². The number of benzene rings is 2. The minimum Gasteiger partial charge on any atom is -0.388 e. The lowest BCUT2D eigenvalue weighted by atomic mass is 10.2. The maximum absolute atomic E-state index is 4.67. The van der Waals surface area contributed by atoms with Crippen LogP contribution < -0.4 is 5.32 Å². The first-order valence-corrected chi connectivity index (χ1v) is 7.33. The minimum atomic E-state index is 1.07. The Bertz CT molecular complexity index is 625. The fourth-order valence-corrected chi connectivity index (χ4v) is 2.88. The third kappa shape index (κ3) is 2.76. The lowest BCUT2D eigenvalue weighted by Crippen LogP contribution is -1.90. The van der Waals surface area contributed by atoms with Crippen molar-refractivity contribution in [3.63, 3.8) is 0 Å². The first-order chi connectivity index (χ1) is 9.38. The Labute approximate surface area is 118 Å². The summed E-state index contributed by atoms with van der Waals surface area (Å²) in [7, 11) is 1.94. The van der Waals surface area contributed by atoms with Crippen molar-refractivity contribution in [3.05, 3.63) is 48.5 Å². The van der Waals surface area contributed by atoms with Crippen LogP contribution in [-0.2, 0) is 0 Å². The van der Waals surface area contributed by atoms with Crippen molar-refractivity contribution in [1.29, 1.82) is 0 Å². The number of hydrogen-bond acceptors (Lipinski definition) is 3. The van der Waals surface area contributed by atoms with Gasteiger partial charge in [-0.15, -0.1) is 11.3 Å². The van der Waals surface area contributed by atoms with Gasteiger partial charge in [-0.1, -0.05) is 38.1 Å². The average Bonchev–Trinajstić information content (AvgIpc) is 2.93. The van der Waals surface area contributed by atoms with E-state index in [1.54, 1.807) is 11.3 Å². The number of nitrogens with zero attached hydrogens (tertiary/aromatic N) is 1. The molecule has 0 aliphatic rings. The van der Waals surface area contributed by atoms with Crippen LogP contribution in [0.25, 0.3) is 20.8 Å². The molecule has 1 heterocycles. The van der Waals surface area contributed by atoms with Gasteiger partial charge in [0.2, 0.25) is 0 Å². The molecule has 98 valence electrons. The molecule has 0 bridgehead atoms. The molecule has 0 amide bonds. The molecule has 19 heavy (non-hydrogen) atoms. The first kappa shape index (κ1) is 13.6. The van der Waals surface area contributed by atoms with Gasteiger partial charge in [0.05, 0.1) is 10.2 Å². The number of aromatic nitrogens is 1. The van der Waals surface area contributed by atoms with E-state index in [0.29, 0.717) is 0 Å². The second kappa shape index (κ2) is 6.34. The van der Waals surface area contributed by atoms with Gasteiger partial charge in [0.15, 0.2) is 0 Å². The van der Waals surface area contributed by atoms with Crippen molar-refractivity contribution in [2.24, 2.45) is 0 Å². The highest BCUT2D eigenvalue weighted by Crippen LogP contribution is 2.33. The topological polar surface area (TPSA) is 24.9 Å². The van der Waals surface area contributed by atoms with Gasteiger partial charge in [0.25, 0.3) is 0 Å². The summed E-state index contributed by atoms with van der Waals surface area (Å²) in [5, 5.41) is 4.27. The van der Waals surface area contributed by atoms with Crippen LogP contribution in [0.3, 0.4) is 0 Å². The summed E-state index contributed by atoms with van der Waals surface area (Å²) in [6, 6.07) is 16.5. The highest BCUT2D eigenvalue weighted by Gasteiger charge is 2.08. The van der Waals surface area contributed by atoms with E-state index < -0.39 is 0 Å². The maximum atomic E-state index is 4.67. The van der Waals surface area contributed by atoms with Crippen LogP contribution in [0.4, 0.5) is 5.69 Å². The molecule has 0 aliphatic heterocycles. The summed E-state index contributed by atoms with van der Waals surface area (Å²) >= 11 is 1.73. The quantitative estimate of drug-likeness (QED) is 0.706. The van der Waals surface area contributed by atoms with Gasteiger partial charge in [-0.2, -0.15) is 0 Å². The average molecular weight is 270 g/mol. The predicted molar refractivity (Wildman–Crippen MR) is 86.0 cm³/mol. The summed E-state index contributed by atoms with van der Waals surface area (Å²) in [6.45, 7) is 4.00. The highest BCUT2D eigenvalue weighted by molar-refractivity contribution is 7.21. The van der Waals surface area contributed by atoms with Crippen molar-refractivity contribution in [3.8, 4) is 10.6 Å². The van der Waals surface area contributed by atoms with Gasteiger partial charge < -0.3 is 5.32 Å². The van der Waals surface area contributed by atoms with Crippen molar-refractivity contribution in [2.75, 3.05) is 12.4 Å². The summed E-state index contributed by atoms with van der Waals surface area (Å²) in [6.07, 6.45) is 0. The van der Waals surface area contributed by atoms with E-state index in [-0.39, 0.29) is 0 Å². The molecule has 1 aromatic heterocycles. The Balaban J connectivity index is 0.000000637. The van der Waals surface area contributed by atoms with Crippen LogP contribution in [-0.4, -0.2) is 12.0 Å². The van der Waals surface area contributed by atoms with E-state index in [1.165, 1.54) is 4.70 Å². The molecule has 0 aliphatic carbocycles. The SMILES string of the molecule is CC.CNc1ccccc1-c1nc2ccccc2s1. The lowest BCUT2D eigenvalue weighted by Gasteiger charge is -2.04. The fourth-order valence-electron chi connectivity index (χ4n) is 1.88. The Morgan fingerprint density at radius 2 is 1.63 bits per heavy atom. The molecule has 0 radical (unpaired) electrons. The minimum absolute atomic E-state index is 1.07. The molecule has 3 aromatic rings. The third-order valence-corrected chi connectivity index (χ3v) is 3.79. The fraction of sp³-hybridized carbons (Fsp3) is 0.188. The van der Waals surface area contributed by atoms with Crippen LogP contribution >= 0.6 is 11.3 Å². The molecule has 3 rings (SSSR count). The number of fused-ring (bicyclic) bond motifs is 1. The second-order valence-corrected chi connectivity index (χ2v) is 4.81. The summed E-state index contributed by atoms with van der Waals surface area (Å²) in [5.74, 6) is 0. The molecule has 0 atom stereocenters. The number of rotatable bonds is 2. The molecule has 0 spiro atoms. The molecule has 2 nitrogen and oxygen atoms in total. The molecular weight excluding hydrogens is 252 g/mol. The molecule has 3 heteroatoms. The smallest absolute Gasteiger partial charge is 0.126 e. The van der Waals surface area contributed by atoms with Crippen LogP contribution in [0.5, 0.6) is 0 Å². The van der Waals surface area contributed by atoms with Crippen LogP contribution in [0, 0.1) is 0 Å². The largest absolute Gasteiger partial charge is 0.388 e. The van der Waals surface area contributed by atoms with Crippen molar-refractivity contribution in [1.82, 2.24) is 4.98 Å². The molecular formula is C16H18N2S. The van der Waals surface area contributed by atoms with E-state index in [1.807, 2.05) is 45.2 Å². The molecule has 0 saturated heterocycles. The van der Waals surface area contributed by atoms with Gasteiger partial charge in [-0.3, -0.25) is 0 Å². The Morgan fingerprint density at radius 3 is 2.37 bits per heavy atom. The molecule has 0 unspecified atom stereocenters. The predicted octanol–water partition coefficient (Wildman–Crippen LogP) is 5.03. The number of thiazole rings is 1. The Hall–Kier alpha value is -1.87. The Kier molecular flexibility index (Phi) is 4.53. The first-order valence-electron chi connectivity index (χ1n) is 6.51. The maximum Gasteiger partial charge on any atom is 0.126 e. The zero-order chi connectivity index (χ0) is 13.7. The van der Waals surface area contributed by atoms with Crippen LogP contribution in [0.1, 0.15) is 13.8 Å². The summed E-state index contributed by atoms with van der Waals surface area (Å²) in [4.78, 5) is 4.67. The zero-order valence-corrected chi connectivity index (χ0v) is 12.3. The second-order valence-electron chi connectivity index (χ2n) is 3.78. The summed E-state index contributed by atoms with van der Waals surface area (Å²) in [5.41, 5.74) is 3.35. The standard InChI is InChI=1S/C14H12N2S.C2H6/c1-15-11-7-3-2-6-10(11)14-16-12-8-4-5-9-13(12)17-14;1-2/h2-9,15H,1H3;1-2H3. The van der Waals surface area contributed by atoms with E-state index in [0.717, 1.165) is 21.8 Å². The van der Waals surface area contributed by atoms with Gasteiger partial charge in [-0.05, 0) is 24.3 Å². The zero-order valence-electron chi connectivity index (χ0n) is 11.5. The molecule has 2 aromatic carbocycles. The number of anilines is 1. The normalized spacial score (nSPS) is 9.84. The van der Waals surface area contributed by atoms with E-state index in [9.17, 15) is 0 Å². The van der Waals surface area contributed by atoms with Crippen molar-refractivity contribution in [2.45, 2.75) is 13.8 Å². The van der Waals surface area contributed by atoms with Crippen LogP contribution in [0.2, 0.25) is 0 Å². The van der Waals surface area contributed by atoms with E-state index in [2.05, 4.69) is 34.6 Å². The number of hydrogen-bond donors (Lipinski definition) is 1. The molecule has 1 N–H and O–H groups in total. The van der Waals surface area contributed by atoms with Crippen LogP contribution in [0.15, 0.2) is 48.5 Å². The van der Waals surface area contributed by atoms with Gasteiger partial charge >= 0.3 is 0 Å². The van der Waals surface area contributed by atoms with E-state index in [4.69, 9.17) is 0 Å². The monoisotopic (exact) mass is 270 g/mol. The molecule has 0 fully saturated rings. The van der Waals surface area contributed by atoms with E-state index >= 15 is 0 Å². The van der Waals surface area contributed by atoms with Gasteiger partial charge in [0, 0.05) is 18.3 Å². The summed E-state index contributed by atoms with van der Waals surface area (Å²) < 4.78 is 1.23. The van der Waals surface area contributed by atoms with Gasteiger partial charge in [-0.25, -0.2) is 4.98 Å². The van der Waals surface area contributed by atoms with Crippen molar-refractivity contribution < 1.29 is 0 Å². The number of nitrogens with one attached hydrogen (secondary N) is 1. The number of para-hydroxylation sites is 2. The third-order valence-electron chi connectivity index (χ3n) is 2.72. The molecule has 0 saturated carbocycles. The highest BCUT2D eigenvalue weighted by atomic mass is 32.1. The lowest BCUT2D eigenvalue weighted by molar-refractivity contribution is 1.45. The Morgan fingerprint density at radius 1 is 0.947 bits per heavy atom.